The molecule has 0 amide bonds. The summed E-state index contributed by atoms with van der Waals surface area (Å²) in [5.41, 5.74) is 1.62. The largest absolute Gasteiger partial charge is 0.354 e. The fraction of sp³-hybridized carbons (Fsp3) is 0.538. The zero-order chi connectivity index (χ0) is 11.7. The van der Waals surface area contributed by atoms with Crippen molar-refractivity contribution in [3.05, 3.63) is 23.4 Å². The van der Waals surface area contributed by atoms with Crippen molar-refractivity contribution in [1.29, 1.82) is 5.26 Å². The summed E-state index contributed by atoms with van der Waals surface area (Å²) in [6, 6.07) is 6.43. The van der Waals surface area contributed by atoms with E-state index in [9.17, 15) is 0 Å². The van der Waals surface area contributed by atoms with Gasteiger partial charge >= 0.3 is 0 Å². The molecule has 0 aromatic carbocycles. The molecule has 2 heterocycles. The number of hydrogen-bond acceptors (Lipinski definition) is 3. The van der Waals surface area contributed by atoms with Crippen LogP contribution in [0.1, 0.15) is 31.5 Å². The number of anilines is 1. The SMILES string of the molecule is Cc1cc(C#N)cc(N2CC(C)CC2C)n1. The van der Waals surface area contributed by atoms with Crippen LogP contribution in [0.25, 0.3) is 0 Å². The van der Waals surface area contributed by atoms with E-state index in [1.54, 1.807) is 0 Å². The molecule has 2 unspecified atom stereocenters. The van der Waals surface area contributed by atoms with Gasteiger partial charge in [-0.1, -0.05) is 6.92 Å². The summed E-state index contributed by atoms with van der Waals surface area (Å²) in [5, 5.41) is 8.95. The minimum absolute atomic E-state index is 0.524. The normalized spacial score (nSPS) is 24.5. The van der Waals surface area contributed by atoms with Crippen LogP contribution in [0.15, 0.2) is 12.1 Å². The van der Waals surface area contributed by atoms with Crippen molar-refractivity contribution in [2.45, 2.75) is 33.2 Å². The number of nitriles is 1. The summed E-state index contributed by atoms with van der Waals surface area (Å²) in [7, 11) is 0. The van der Waals surface area contributed by atoms with E-state index >= 15 is 0 Å². The first-order chi connectivity index (χ1) is 7.60. The molecule has 2 atom stereocenters. The monoisotopic (exact) mass is 215 g/mol. The molecule has 0 spiro atoms. The van der Waals surface area contributed by atoms with Crippen LogP contribution in [0.5, 0.6) is 0 Å². The van der Waals surface area contributed by atoms with Gasteiger partial charge in [0.05, 0.1) is 11.6 Å². The Balaban J connectivity index is 2.34. The maximum Gasteiger partial charge on any atom is 0.130 e. The molecule has 3 heteroatoms. The Labute approximate surface area is 96.7 Å². The molecule has 1 aliphatic rings. The van der Waals surface area contributed by atoms with E-state index in [1.807, 2.05) is 19.1 Å². The molecule has 1 saturated heterocycles. The number of pyridine rings is 1. The molecule has 1 aliphatic heterocycles. The molecule has 2 rings (SSSR count). The Kier molecular flexibility index (Phi) is 2.82. The molecule has 1 aromatic rings. The van der Waals surface area contributed by atoms with Crippen LogP contribution in [0.4, 0.5) is 5.82 Å². The van der Waals surface area contributed by atoms with Gasteiger partial charge in [-0.2, -0.15) is 5.26 Å². The predicted octanol–water partition coefficient (Wildman–Crippen LogP) is 2.50. The lowest BCUT2D eigenvalue weighted by Gasteiger charge is -2.23. The Morgan fingerprint density at radius 2 is 2.19 bits per heavy atom. The molecule has 16 heavy (non-hydrogen) atoms. The van der Waals surface area contributed by atoms with Crippen LogP contribution < -0.4 is 4.90 Å². The highest BCUT2D eigenvalue weighted by Gasteiger charge is 2.27. The van der Waals surface area contributed by atoms with Gasteiger partial charge in [-0.15, -0.1) is 0 Å². The van der Waals surface area contributed by atoms with E-state index in [4.69, 9.17) is 5.26 Å². The number of aromatic nitrogens is 1. The van der Waals surface area contributed by atoms with Crippen LogP contribution >= 0.6 is 0 Å². The van der Waals surface area contributed by atoms with Gasteiger partial charge in [-0.25, -0.2) is 4.98 Å². The molecular formula is C13H17N3. The summed E-state index contributed by atoms with van der Waals surface area (Å²) >= 11 is 0. The lowest BCUT2D eigenvalue weighted by Crippen LogP contribution is -2.27. The van der Waals surface area contributed by atoms with E-state index in [-0.39, 0.29) is 0 Å². The predicted molar refractivity (Wildman–Crippen MR) is 64.3 cm³/mol. The first-order valence-corrected chi connectivity index (χ1v) is 5.75. The van der Waals surface area contributed by atoms with Crippen molar-refractivity contribution in [2.75, 3.05) is 11.4 Å². The van der Waals surface area contributed by atoms with Gasteiger partial charge in [-0.3, -0.25) is 0 Å². The average Bonchev–Trinajstić information content (AvgIpc) is 2.57. The maximum atomic E-state index is 8.95. The van der Waals surface area contributed by atoms with Crippen molar-refractivity contribution in [1.82, 2.24) is 4.98 Å². The number of nitrogens with zero attached hydrogens (tertiary/aromatic N) is 3. The molecule has 0 aliphatic carbocycles. The second-order valence-electron chi connectivity index (χ2n) is 4.81. The third-order valence-corrected chi connectivity index (χ3v) is 3.15. The fourth-order valence-electron chi connectivity index (χ4n) is 2.48. The van der Waals surface area contributed by atoms with Crippen LogP contribution in [0.3, 0.4) is 0 Å². The second kappa shape index (κ2) is 4.13. The van der Waals surface area contributed by atoms with Gasteiger partial charge in [0.15, 0.2) is 0 Å². The third-order valence-electron chi connectivity index (χ3n) is 3.15. The number of hydrogen-bond donors (Lipinski definition) is 0. The summed E-state index contributed by atoms with van der Waals surface area (Å²) in [6.07, 6.45) is 1.21. The molecule has 0 saturated carbocycles. The molecule has 1 aromatic heterocycles. The maximum absolute atomic E-state index is 8.95. The van der Waals surface area contributed by atoms with E-state index < -0.39 is 0 Å². The third kappa shape index (κ3) is 2.01. The second-order valence-corrected chi connectivity index (χ2v) is 4.81. The van der Waals surface area contributed by atoms with Gasteiger partial charge in [-0.05, 0) is 38.3 Å². The minimum Gasteiger partial charge on any atom is -0.354 e. The van der Waals surface area contributed by atoms with E-state index in [1.165, 1.54) is 6.42 Å². The van der Waals surface area contributed by atoms with Gasteiger partial charge in [0, 0.05) is 18.3 Å². The molecule has 0 N–H and O–H groups in total. The first-order valence-electron chi connectivity index (χ1n) is 5.75. The van der Waals surface area contributed by atoms with Crippen LogP contribution in [0, 0.1) is 24.2 Å². The molecule has 1 fully saturated rings. The summed E-state index contributed by atoms with van der Waals surface area (Å²) in [6.45, 7) is 7.47. The Bertz CT molecular complexity index is 433. The Morgan fingerprint density at radius 3 is 2.75 bits per heavy atom. The van der Waals surface area contributed by atoms with Crippen molar-refractivity contribution < 1.29 is 0 Å². The molecular weight excluding hydrogens is 198 g/mol. The van der Waals surface area contributed by atoms with Crippen molar-refractivity contribution in [3.8, 4) is 6.07 Å². The standard InChI is InChI=1S/C13H17N3/c1-9-4-11(3)16(8-9)13-6-12(7-14)5-10(2)15-13/h5-6,9,11H,4,8H2,1-3H3. The van der Waals surface area contributed by atoms with E-state index in [0.717, 1.165) is 18.1 Å². The zero-order valence-corrected chi connectivity index (χ0v) is 10.1. The minimum atomic E-state index is 0.524. The van der Waals surface area contributed by atoms with Crippen molar-refractivity contribution >= 4 is 5.82 Å². The highest BCUT2D eigenvalue weighted by molar-refractivity contribution is 5.48. The topological polar surface area (TPSA) is 39.9 Å². The van der Waals surface area contributed by atoms with Gasteiger partial charge < -0.3 is 4.90 Å². The molecule has 84 valence electrons. The number of rotatable bonds is 1. The average molecular weight is 215 g/mol. The van der Waals surface area contributed by atoms with Crippen molar-refractivity contribution in [3.63, 3.8) is 0 Å². The van der Waals surface area contributed by atoms with Gasteiger partial charge in [0.25, 0.3) is 0 Å². The summed E-state index contributed by atoms with van der Waals surface area (Å²) in [4.78, 5) is 6.83. The van der Waals surface area contributed by atoms with Gasteiger partial charge in [0.2, 0.25) is 0 Å². The van der Waals surface area contributed by atoms with E-state index in [0.29, 0.717) is 17.5 Å². The summed E-state index contributed by atoms with van der Waals surface area (Å²) < 4.78 is 0. The zero-order valence-electron chi connectivity index (χ0n) is 10.1. The Morgan fingerprint density at radius 1 is 1.44 bits per heavy atom. The highest BCUT2D eigenvalue weighted by Crippen LogP contribution is 2.27. The summed E-state index contributed by atoms with van der Waals surface area (Å²) in [5.74, 6) is 1.66. The quantitative estimate of drug-likeness (QED) is 0.722. The fourth-order valence-corrected chi connectivity index (χ4v) is 2.48. The van der Waals surface area contributed by atoms with Gasteiger partial charge in [0.1, 0.15) is 5.82 Å². The molecule has 0 radical (unpaired) electrons. The smallest absolute Gasteiger partial charge is 0.130 e. The lowest BCUT2D eigenvalue weighted by atomic mass is 10.1. The lowest BCUT2D eigenvalue weighted by molar-refractivity contribution is 0.625. The van der Waals surface area contributed by atoms with E-state index in [2.05, 4.69) is 29.8 Å². The Hall–Kier alpha value is -1.56. The van der Waals surface area contributed by atoms with Crippen LogP contribution in [-0.2, 0) is 0 Å². The first kappa shape index (κ1) is 10.9. The highest BCUT2D eigenvalue weighted by atomic mass is 15.2. The molecule has 3 nitrogen and oxygen atoms in total. The van der Waals surface area contributed by atoms with Crippen molar-refractivity contribution in [2.24, 2.45) is 5.92 Å². The molecule has 0 bridgehead atoms. The van der Waals surface area contributed by atoms with Crippen LogP contribution in [0.2, 0.25) is 0 Å². The van der Waals surface area contributed by atoms with Crippen LogP contribution in [-0.4, -0.2) is 17.6 Å². The number of aryl methyl sites for hydroxylation is 1.